The summed E-state index contributed by atoms with van der Waals surface area (Å²) in [6, 6.07) is -1.59. The summed E-state index contributed by atoms with van der Waals surface area (Å²) in [4.78, 5) is 0. The normalized spacial score (nSPS) is 44.5. The molecule has 11 atom stereocenters. The van der Waals surface area contributed by atoms with Gasteiger partial charge in [0.25, 0.3) is 0 Å². The third kappa shape index (κ3) is 6.51. The van der Waals surface area contributed by atoms with Crippen molar-refractivity contribution in [3.63, 3.8) is 0 Å². The van der Waals surface area contributed by atoms with Gasteiger partial charge in [-0.25, -0.2) is 0 Å². The van der Waals surface area contributed by atoms with Gasteiger partial charge in [0.05, 0.1) is 25.2 Å². The molecule has 10 N–H and O–H groups in total. The largest absolute Gasteiger partial charge is 0.467 e. The van der Waals surface area contributed by atoms with Crippen molar-refractivity contribution in [2.24, 2.45) is 11.5 Å². The standard InChI is InChI=1S/C23H45N5O7/c1-5-27-14-8-7-12(10-24)33-21(14)34-18-13(25)9-15(28-6-2)19(16(18)29)35-22-17(30)20(26-4)23(3,31)11-32-22/h7,13-22,26-31H,5-6,8-11,24-25H2,1-4H3/t13-,14-,15+,16-,17+,18+,19-,20+,21-,22+,23-/m0/s1. The lowest BCUT2D eigenvalue weighted by Crippen LogP contribution is -2.69. The number of nitrogens with two attached hydrogens (primary N) is 2. The minimum atomic E-state index is -1.28. The van der Waals surface area contributed by atoms with Gasteiger partial charge in [-0.15, -0.1) is 0 Å². The summed E-state index contributed by atoms with van der Waals surface area (Å²) in [6.45, 7) is 7.10. The fraction of sp³-hybridized carbons (Fsp3) is 0.913. The van der Waals surface area contributed by atoms with E-state index in [0.717, 1.165) is 6.54 Å². The Kier molecular flexibility index (Phi) is 10.3. The van der Waals surface area contributed by atoms with Gasteiger partial charge in [-0.05, 0) is 46.0 Å². The number of nitrogens with one attached hydrogen (secondary N) is 3. The number of hydrogen-bond donors (Lipinski definition) is 8. The number of rotatable bonds is 10. The Morgan fingerprint density at radius 3 is 2.37 bits per heavy atom. The number of likely N-dealkylation sites (N-methyl/N-ethyl adjacent to an activating group) is 3. The fourth-order valence-corrected chi connectivity index (χ4v) is 5.28. The summed E-state index contributed by atoms with van der Waals surface area (Å²) in [5, 5.41) is 42.4. The minimum Gasteiger partial charge on any atom is -0.467 e. The van der Waals surface area contributed by atoms with Gasteiger partial charge >= 0.3 is 0 Å². The van der Waals surface area contributed by atoms with E-state index in [1.165, 1.54) is 0 Å². The Morgan fingerprint density at radius 2 is 1.74 bits per heavy atom. The molecule has 1 aliphatic carbocycles. The molecule has 0 bridgehead atoms. The molecule has 0 spiro atoms. The van der Waals surface area contributed by atoms with Gasteiger partial charge in [0, 0.05) is 12.1 Å². The van der Waals surface area contributed by atoms with E-state index in [0.29, 0.717) is 25.1 Å². The van der Waals surface area contributed by atoms with Crippen LogP contribution < -0.4 is 27.4 Å². The van der Waals surface area contributed by atoms with E-state index in [2.05, 4.69) is 16.0 Å². The van der Waals surface area contributed by atoms with Crippen molar-refractivity contribution in [1.29, 1.82) is 0 Å². The summed E-state index contributed by atoms with van der Waals surface area (Å²) < 4.78 is 24.1. The quantitative estimate of drug-likeness (QED) is 0.156. The van der Waals surface area contributed by atoms with Gasteiger partial charge < -0.3 is 61.7 Å². The first-order valence-electron chi connectivity index (χ1n) is 12.6. The maximum Gasteiger partial charge on any atom is 0.215 e. The zero-order valence-corrected chi connectivity index (χ0v) is 21.2. The summed E-state index contributed by atoms with van der Waals surface area (Å²) in [5.74, 6) is 0.630. The van der Waals surface area contributed by atoms with E-state index in [4.69, 9.17) is 30.4 Å². The summed E-state index contributed by atoms with van der Waals surface area (Å²) in [5.41, 5.74) is 11.0. The Bertz CT molecular complexity index is 699. The molecule has 0 aromatic rings. The molecular formula is C23H45N5O7. The second-order valence-electron chi connectivity index (χ2n) is 9.81. The van der Waals surface area contributed by atoms with E-state index in [9.17, 15) is 15.3 Å². The monoisotopic (exact) mass is 503 g/mol. The van der Waals surface area contributed by atoms with Crippen molar-refractivity contribution in [2.45, 2.75) is 100 Å². The molecular weight excluding hydrogens is 458 g/mol. The fourth-order valence-electron chi connectivity index (χ4n) is 5.28. The van der Waals surface area contributed by atoms with Crippen LogP contribution in [0.15, 0.2) is 11.8 Å². The van der Waals surface area contributed by atoms with E-state index in [1.807, 2.05) is 19.9 Å². The molecule has 2 aliphatic heterocycles. The van der Waals surface area contributed by atoms with Crippen molar-refractivity contribution in [2.75, 3.05) is 33.3 Å². The third-order valence-corrected chi connectivity index (χ3v) is 7.07. The molecule has 0 aromatic carbocycles. The van der Waals surface area contributed by atoms with Crippen molar-refractivity contribution >= 4 is 0 Å². The molecule has 0 amide bonds. The average molecular weight is 504 g/mol. The highest BCUT2D eigenvalue weighted by Gasteiger charge is 2.51. The van der Waals surface area contributed by atoms with Gasteiger partial charge in [0.15, 0.2) is 6.29 Å². The number of aliphatic hydroxyl groups excluding tert-OH is 2. The van der Waals surface area contributed by atoms with Crippen LogP contribution in [0.5, 0.6) is 0 Å². The van der Waals surface area contributed by atoms with Gasteiger partial charge in [-0.1, -0.05) is 13.8 Å². The molecule has 0 unspecified atom stereocenters. The van der Waals surface area contributed by atoms with E-state index in [-0.39, 0.29) is 25.2 Å². The maximum absolute atomic E-state index is 11.4. The van der Waals surface area contributed by atoms with E-state index < -0.39 is 54.7 Å². The van der Waals surface area contributed by atoms with Gasteiger partial charge in [0.2, 0.25) is 6.29 Å². The molecule has 1 saturated heterocycles. The Labute approximate surface area is 207 Å². The van der Waals surface area contributed by atoms with Crippen LogP contribution >= 0.6 is 0 Å². The number of aliphatic hydroxyl groups is 3. The van der Waals surface area contributed by atoms with Crippen LogP contribution in [-0.2, 0) is 18.9 Å². The van der Waals surface area contributed by atoms with Crippen LogP contribution in [0.4, 0.5) is 0 Å². The molecule has 2 fully saturated rings. The van der Waals surface area contributed by atoms with Gasteiger partial charge in [-0.3, -0.25) is 0 Å². The molecule has 3 aliphatic rings. The van der Waals surface area contributed by atoms with Gasteiger partial charge in [0.1, 0.15) is 35.8 Å². The Balaban J connectivity index is 1.77. The highest BCUT2D eigenvalue weighted by Crippen LogP contribution is 2.32. The van der Waals surface area contributed by atoms with Crippen LogP contribution in [-0.4, -0.2) is 115 Å². The highest BCUT2D eigenvalue weighted by molar-refractivity contribution is 5.05. The van der Waals surface area contributed by atoms with E-state index in [1.54, 1.807) is 14.0 Å². The first kappa shape index (κ1) is 28.7. The minimum absolute atomic E-state index is 0.0388. The molecule has 3 rings (SSSR count). The maximum atomic E-state index is 11.4. The Morgan fingerprint density at radius 1 is 1.09 bits per heavy atom. The predicted molar refractivity (Wildman–Crippen MR) is 129 cm³/mol. The zero-order valence-electron chi connectivity index (χ0n) is 21.2. The van der Waals surface area contributed by atoms with Crippen LogP contribution in [0.25, 0.3) is 0 Å². The summed E-state index contributed by atoms with van der Waals surface area (Å²) in [6.07, 6.45) is -2.53. The first-order chi connectivity index (χ1) is 16.7. The second kappa shape index (κ2) is 12.6. The molecule has 1 saturated carbocycles. The number of hydrogen-bond acceptors (Lipinski definition) is 12. The molecule has 204 valence electrons. The van der Waals surface area contributed by atoms with E-state index >= 15 is 0 Å². The molecule has 12 nitrogen and oxygen atoms in total. The van der Waals surface area contributed by atoms with Crippen LogP contribution in [0, 0.1) is 0 Å². The molecule has 12 heteroatoms. The summed E-state index contributed by atoms with van der Waals surface area (Å²) >= 11 is 0. The van der Waals surface area contributed by atoms with Crippen molar-refractivity contribution in [3.05, 3.63) is 11.8 Å². The highest BCUT2D eigenvalue weighted by atomic mass is 16.7. The predicted octanol–water partition coefficient (Wildman–Crippen LogP) is -2.55. The van der Waals surface area contributed by atoms with Crippen LogP contribution in [0.3, 0.4) is 0 Å². The smallest absolute Gasteiger partial charge is 0.215 e. The first-order valence-corrected chi connectivity index (χ1v) is 12.6. The van der Waals surface area contributed by atoms with Crippen molar-refractivity contribution < 1.29 is 34.3 Å². The summed E-state index contributed by atoms with van der Waals surface area (Å²) in [7, 11) is 1.65. The Hall–Kier alpha value is -0.900. The molecule has 0 radical (unpaired) electrons. The van der Waals surface area contributed by atoms with Crippen molar-refractivity contribution in [3.8, 4) is 0 Å². The van der Waals surface area contributed by atoms with Crippen LogP contribution in [0.1, 0.15) is 33.6 Å². The molecule has 2 heterocycles. The lowest BCUT2D eigenvalue weighted by atomic mass is 9.83. The molecule has 35 heavy (non-hydrogen) atoms. The lowest BCUT2D eigenvalue weighted by Gasteiger charge is -2.49. The average Bonchev–Trinajstić information content (AvgIpc) is 2.81. The topological polar surface area (TPSA) is 186 Å². The van der Waals surface area contributed by atoms with Gasteiger partial charge in [-0.2, -0.15) is 0 Å². The second-order valence-corrected chi connectivity index (χ2v) is 9.81. The van der Waals surface area contributed by atoms with Crippen LogP contribution in [0.2, 0.25) is 0 Å². The third-order valence-electron chi connectivity index (χ3n) is 7.07. The molecule has 0 aromatic heterocycles. The number of ether oxygens (including phenoxy) is 4. The SMILES string of the molecule is CCN[C@H]1CC=C(CN)O[C@H]1O[C@H]1[C@H](O)[C@@H](O[C@H]2OC[C@](C)(O)[C@H](NC)[C@H]2O)[C@H](NCC)C[C@@H]1N. The lowest BCUT2D eigenvalue weighted by molar-refractivity contribution is -0.304. The zero-order chi connectivity index (χ0) is 25.8. The van der Waals surface area contributed by atoms with Crippen molar-refractivity contribution in [1.82, 2.24) is 16.0 Å².